The average molecular weight is 399 g/mol. The lowest BCUT2D eigenvalue weighted by atomic mass is 10.2. The van der Waals surface area contributed by atoms with Crippen molar-refractivity contribution in [2.75, 3.05) is 39.1 Å². The number of halogens is 1. The van der Waals surface area contributed by atoms with Crippen LogP contribution >= 0.6 is 35.7 Å². The van der Waals surface area contributed by atoms with Crippen LogP contribution in [0, 0.1) is 5.92 Å². The summed E-state index contributed by atoms with van der Waals surface area (Å²) in [5.41, 5.74) is 0. The van der Waals surface area contributed by atoms with Gasteiger partial charge in [-0.05, 0) is 37.4 Å². The zero-order valence-electron chi connectivity index (χ0n) is 11.7. The minimum atomic E-state index is 0. The van der Waals surface area contributed by atoms with Gasteiger partial charge in [0.15, 0.2) is 5.96 Å². The highest BCUT2D eigenvalue weighted by molar-refractivity contribution is 14.0. The number of aliphatic imine (C=N–C) groups is 1. The Hall–Kier alpha value is 0.310. The molecule has 0 amide bonds. The summed E-state index contributed by atoms with van der Waals surface area (Å²) in [4.78, 5) is 4.22. The van der Waals surface area contributed by atoms with Gasteiger partial charge in [0.05, 0.1) is 6.61 Å². The second-order valence-electron chi connectivity index (χ2n) is 5.03. The van der Waals surface area contributed by atoms with E-state index in [0.29, 0.717) is 0 Å². The first-order valence-corrected chi connectivity index (χ1v) is 8.07. The van der Waals surface area contributed by atoms with Gasteiger partial charge in [0, 0.05) is 32.0 Å². The summed E-state index contributed by atoms with van der Waals surface area (Å²) < 4.78 is 5.58. The Bertz CT molecular complexity index is 269. The highest BCUT2D eigenvalue weighted by atomic mass is 127. The Morgan fingerprint density at radius 1 is 1.32 bits per heavy atom. The number of hydrogen-bond acceptors (Lipinski definition) is 3. The van der Waals surface area contributed by atoms with E-state index in [2.05, 4.69) is 27.4 Å². The van der Waals surface area contributed by atoms with Gasteiger partial charge in [-0.15, -0.1) is 24.0 Å². The van der Waals surface area contributed by atoms with E-state index in [0.717, 1.165) is 43.4 Å². The minimum Gasteiger partial charge on any atom is -0.379 e. The van der Waals surface area contributed by atoms with Crippen LogP contribution in [0.5, 0.6) is 0 Å². The molecule has 1 saturated carbocycles. The molecule has 2 N–H and O–H groups in total. The predicted molar refractivity (Wildman–Crippen MR) is 93.8 cm³/mol. The third-order valence-electron chi connectivity index (χ3n) is 3.33. The largest absolute Gasteiger partial charge is 0.379 e. The van der Waals surface area contributed by atoms with Gasteiger partial charge in [0.25, 0.3) is 0 Å². The van der Waals surface area contributed by atoms with E-state index in [4.69, 9.17) is 4.74 Å². The molecule has 1 saturated heterocycles. The lowest BCUT2D eigenvalue weighted by Crippen LogP contribution is -2.41. The normalized spacial score (nSPS) is 23.0. The molecule has 2 rings (SSSR count). The molecular formula is C13H26IN3OS. The number of ether oxygens (including phenoxy) is 1. The van der Waals surface area contributed by atoms with Crippen molar-refractivity contribution < 1.29 is 4.74 Å². The summed E-state index contributed by atoms with van der Waals surface area (Å²) in [5.74, 6) is 3.06. The summed E-state index contributed by atoms with van der Waals surface area (Å²) in [5, 5.41) is 7.44. The number of nitrogens with one attached hydrogen (secondary N) is 2. The Morgan fingerprint density at radius 2 is 2.16 bits per heavy atom. The number of guanidine groups is 1. The van der Waals surface area contributed by atoms with Crippen LogP contribution in [-0.2, 0) is 4.74 Å². The monoisotopic (exact) mass is 399 g/mol. The highest BCUT2D eigenvalue weighted by Crippen LogP contribution is 2.28. The van der Waals surface area contributed by atoms with Crippen molar-refractivity contribution in [3.63, 3.8) is 0 Å². The second kappa shape index (κ2) is 10.1. The third kappa shape index (κ3) is 7.60. The first-order chi connectivity index (χ1) is 8.88. The Labute approximate surface area is 137 Å². The predicted octanol–water partition coefficient (Wildman–Crippen LogP) is 2.09. The number of rotatable bonds is 7. The standard InChI is InChI=1S/C13H25N3OS.HI/c1-14-13(16-9-12-3-2-8-18-12)15-6-7-17-10-11-4-5-11;/h11-12H,2-10H2,1H3,(H2,14,15,16);1H. The molecule has 0 spiro atoms. The molecule has 1 atom stereocenters. The fourth-order valence-corrected chi connectivity index (χ4v) is 3.21. The lowest BCUT2D eigenvalue weighted by molar-refractivity contribution is 0.129. The second-order valence-corrected chi connectivity index (χ2v) is 6.44. The van der Waals surface area contributed by atoms with E-state index in [1.807, 2.05) is 7.05 Å². The molecule has 0 bridgehead atoms. The maximum atomic E-state index is 5.58. The first kappa shape index (κ1) is 17.4. The van der Waals surface area contributed by atoms with Crippen molar-refractivity contribution in [3.8, 4) is 0 Å². The summed E-state index contributed by atoms with van der Waals surface area (Å²) in [6.45, 7) is 3.57. The van der Waals surface area contributed by atoms with Crippen molar-refractivity contribution in [1.29, 1.82) is 0 Å². The van der Waals surface area contributed by atoms with E-state index in [1.165, 1.54) is 31.4 Å². The first-order valence-electron chi connectivity index (χ1n) is 7.02. The molecule has 0 aromatic heterocycles. The van der Waals surface area contributed by atoms with Crippen LogP contribution in [0.4, 0.5) is 0 Å². The Morgan fingerprint density at radius 3 is 2.79 bits per heavy atom. The van der Waals surface area contributed by atoms with E-state index in [1.54, 1.807) is 0 Å². The van der Waals surface area contributed by atoms with Crippen molar-refractivity contribution in [1.82, 2.24) is 10.6 Å². The number of hydrogen-bond donors (Lipinski definition) is 2. The lowest BCUT2D eigenvalue weighted by Gasteiger charge is -2.14. The quantitative estimate of drug-likeness (QED) is 0.298. The topological polar surface area (TPSA) is 45.7 Å². The van der Waals surface area contributed by atoms with Gasteiger partial charge in [-0.1, -0.05) is 0 Å². The van der Waals surface area contributed by atoms with Crippen LogP contribution in [0.2, 0.25) is 0 Å². The fraction of sp³-hybridized carbons (Fsp3) is 0.923. The Balaban J connectivity index is 0.00000180. The van der Waals surface area contributed by atoms with Gasteiger partial charge >= 0.3 is 0 Å². The summed E-state index contributed by atoms with van der Waals surface area (Å²) in [7, 11) is 1.82. The molecule has 1 unspecified atom stereocenters. The molecule has 6 heteroatoms. The zero-order chi connectivity index (χ0) is 12.6. The highest BCUT2D eigenvalue weighted by Gasteiger charge is 2.20. The molecule has 2 aliphatic rings. The van der Waals surface area contributed by atoms with Gasteiger partial charge in [-0.25, -0.2) is 0 Å². The minimum absolute atomic E-state index is 0. The van der Waals surface area contributed by atoms with E-state index in [9.17, 15) is 0 Å². The van der Waals surface area contributed by atoms with Crippen molar-refractivity contribution >= 4 is 41.7 Å². The molecule has 19 heavy (non-hydrogen) atoms. The van der Waals surface area contributed by atoms with Gasteiger partial charge in [0.2, 0.25) is 0 Å². The van der Waals surface area contributed by atoms with Crippen LogP contribution in [-0.4, -0.2) is 50.3 Å². The van der Waals surface area contributed by atoms with Crippen molar-refractivity contribution in [2.24, 2.45) is 10.9 Å². The van der Waals surface area contributed by atoms with Crippen LogP contribution in [0.25, 0.3) is 0 Å². The molecular weight excluding hydrogens is 373 g/mol. The SMILES string of the molecule is CN=C(NCCOCC1CC1)NCC1CCCS1.I. The van der Waals surface area contributed by atoms with Crippen LogP contribution in [0.1, 0.15) is 25.7 Å². The van der Waals surface area contributed by atoms with Crippen molar-refractivity contribution in [3.05, 3.63) is 0 Å². The molecule has 0 aromatic carbocycles. The summed E-state index contributed by atoms with van der Waals surface area (Å²) >= 11 is 2.07. The molecule has 1 aliphatic heterocycles. The molecule has 112 valence electrons. The molecule has 2 fully saturated rings. The van der Waals surface area contributed by atoms with Gasteiger partial charge in [-0.3, -0.25) is 4.99 Å². The fourth-order valence-electron chi connectivity index (χ4n) is 2.01. The van der Waals surface area contributed by atoms with Crippen LogP contribution in [0.3, 0.4) is 0 Å². The van der Waals surface area contributed by atoms with Crippen LogP contribution < -0.4 is 10.6 Å². The molecule has 4 nitrogen and oxygen atoms in total. The zero-order valence-corrected chi connectivity index (χ0v) is 14.8. The third-order valence-corrected chi connectivity index (χ3v) is 4.73. The molecule has 0 aromatic rings. The van der Waals surface area contributed by atoms with E-state index >= 15 is 0 Å². The van der Waals surface area contributed by atoms with Gasteiger partial charge < -0.3 is 15.4 Å². The Kier molecular flexibility index (Phi) is 9.23. The average Bonchev–Trinajstić information content (AvgIpc) is 3.06. The maximum Gasteiger partial charge on any atom is 0.191 e. The van der Waals surface area contributed by atoms with Crippen LogP contribution in [0.15, 0.2) is 4.99 Å². The molecule has 1 aliphatic carbocycles. The molecule has 1 heterocycles. The van der Waals surface area contributed by atoms with Crippen molar-refractivity contribution in [2.45, 2.75) is 30.9 Å². The number of thioether (sulfide) groups is 1. The number of nitrogens with zero attached hydrogens (tertiary/aromatic N) is 1. The molecule has 0 radical (unpaired) electrons. The maximum absolute atomic E-state index is 5.58. The van der Waals surface area contributed by atoms with E-state index in [-0.39, 0.29) is 24.0 Å². The summed E-state index contributed by atoms with van der Waals surface area (Å²) in [6.07, 6.45) is 5.41. The smallest absolute Gasteiger partial charge is 0.191 e. The van der Waals surface area contributed by atoms with Gasteiger partial charge in [0.1, 0.15) is 0 Å². The summed E-state index contributed by atoms with van der Waals surface area (Å²) in [6, 6.07) is 0. The van der Waals surface area contributed by atoms with E-state index < -0.39 is 0 Å². The van der Waals surface area contributed by atoms with Gasteiger partial charge in [-0.2, -0.15) is 11.8 Å².